The standard InChI is InChI=1S/C50H40N4/c51-30-14-19-40-32-39-29-28-38(37-18-13-15-35(31-37)34-53-46-25-10-7-22-42(46)49(52)36-16-3-1-4-17-36)33-45(39)50(40)43-23-8-11-26-47(43)54(41-20-5-2-6-21-41)48-27-12-9-24-44(48)50/h1-29,31-34,49H,30,51-52H2/b19-14-,53-34+. The first-order valence-corrected chi connectivity index (χ1v) is 18.5. The highest BCUT2D eigenvalue weighted by atomic mass is 15.2. The number of rotatable bonds is 8. The van der Waals surface area contributed by atoms with Crippen LogP contribution in [0.1, 0.15) is 45.0 Å². The van der Waals surface area contributed by atoms with Crippen LogP contribution in [0, 0.1) is 0 Å². The quantitative estimate of drug-likeness (QED) is 0.155. The number of allylic oxidation sites excluding steroid dienone is 2. The van der Waals surface area contributed by atoms with Crippen LogP contribution >= 0.6 is 0 Å². The van der Waals surface area contributed by atoms with E-state index in [0.717, 1.165) is 50.6 Å². The minimum Gasteiger partial charge on any atom is -0.327 e. The Morgan fingerprint density at radius 3 is 2.00 bits per heavy atom. The lowest BCUT2D eigenvalue weighted by atomic mass is 9.63. The molecule has 260 valence electrons. The number of para-hydroxylation sites is 4. The number of nitrogens with zero attached hydrogens (tertiary/aromatic N) is 2. The van der Waals surface area contributed by atoms with Crippen molar-refractivity contribution in [2.75, 3.05) is 11.4 Å². The molecule has 4 N–H and O–H groups in total. The van der Waals surface area contributed by atoms with Crippen molar-refractivity contribution in [2.24, 2.45) is 16.5 Å². The van der Waals surface area contributed by atoms with E-state index in [1.54, 1.807) is 0 Å². The van der Waals surface area contributed by atoms with E-state index in [1.807, 2.05) is 42.6 Å². The zero-order chi connectivity index (χ0) is 36.5. The number of hydrogen-bond donors (Lipinski definition) is 2. The van der Waals surface area contributed by atoms with Gasteiger partial charge in [0.05, 0.1) is 28.5 Å². The number of fused-ring (bicyclic) bond motifs is 6. The van der Waals surface area contributed by atoms with Crippen molar-refractivity contribution in [3.63, 3.8) is 0 Å². The highest BCUT2D eigenvalue weighted by Crippen LogP contribution is 2.61. The zero-order valence-corrected chi connectivity index (χ0v) is 29.9. The van der Waals surface area contributed by atoms with E-state index >= 15 is 0 Å². The van der Waals surface area contributed by atoms with Gasteiger partial charge in [-0.3, -0.25) is 4.99 Å². The lowest BCUT2D eigenvalue weighted by Crippen LogP contribution is -2.36. The van der Waals surface area contributed by atoms with Crippen LogP contribution in [-0.2, 0) is 5.41 Å². The fraction of sp³-hybridized carbons (Fsp3) is 0.0600. The van der Waals surface area contributed by atoms with Gasteiger partial charge in [-0.2, -0.15) is 0 Å². The zero-order valence-electron chi connectivity index (χ0n) is 29.9. The van der Waals surface area contributed by atoms with Crippen LogP contribution in [0.2, 0.25) is 0 Å². The Hall–Kier alpha value is -6.59. The molecule has 1 atom stereocenters. The number of hydrogen-bond acceptors (Lipinski definition) is 4. The van der Waals surface area contributed by atoms with E-state index < -0.39 is 5.41 Å². The lowest BCUT2D eigenvalue weighted by molar-refractivity contribution is 0.746. The Bertz CT molecular complexity index is 2520. The number of aliphatic imine (C=N–C) groups is 1. The molecule has 0 saturated heterocycles. The molecule has 0 aromatic heterocycles. The maximum absolute atomic E-state index is 6.73. The van der Waals surface area contributed by atoms with Crippen LogP contribution in [0.5, 0.6) is 0 Å². The van der Waals surface area contributed by atoms with Crippen LogP contribution < -0.4 is 16.4 Å². The molecule has 0 fully saturated rings. The smallest absolute Gasteiger partial charge is 0.0748 e. The minimum absolute atomic E-state index is 0.266. The Labute approximate surface area is 317 Å². The van der Waals surface area contributed by atoms with Gasteiger partial charge in [-0.05, 0) is 104 Å². The van der Waals surface area contributed by atoms with Gasteiger partial charge in [0.1, 0.15) is 0 Å². The molecule has 0 amide bonds. The highest BCUT2D eigenvalue weighted by Gasteiger charge is 2.50. The second-order valence-electron chi connectivity index (χ2n) is 13.8. The summed E-state index contributed by atoms with van der Waals surface area (Å²) in [7, 11) is 0. The van der Waals surface area contributed by atoms with Crippen LogP contribution in [0.4, 0.5) is 22.7 Å². The average Bonchev–Trinajstić information content (AvgIpc) is 3.56. The summed E-state index contributed by atoms with van der Waals surface area (Å²) in [6.45, 7) is 0.464. The molecular formula is C50H40N4. The van der Waals surface area contributed by atoms with Crippen molar-refractivity contribution in [1.29, 1.82) is 0 Å². The van der Waals surface area contributed by atoms with Gasteiger partial charge in [0.2, 0.25) is 0 Å². The van der Waals surface area contributed by atoms with Crippen molar-refractivity contribution in [1.82, 2.24) is 0 Å². The van der Waals surface area contributed by atoms with Gasteiger partial charge < -0.3 is 16.4 Å². The molecule has 1 aliphatic carbocycles. The van der Waals surface area contributed by atoms with Crippen LogP contribution in [-0.4, -0.2) is 12.8 Å². The topological polar surface area (TPSA) is 67.6 Å². The van der Waals surface area contributed by atoms with E-state index in [2.05, 4.69) is 163 Å². The van der Waals surface area contributed by atoms with Crippen LogP contribution in [0.3, 0.4) is 0 Å². The van der Waals surface area contributed by atoms with Crippen molar-refractivity contribution < 1.29 is 0 Å². The van der Waals surface area contributed by atoms with Gasteiger partial charge in [-0.15, -0.1) is 0 Å². The number of anilines is 3. The molecule has 1 aliphatic heterocycles. The summed E-state index contributed by atoms with van der Waals surface area (Å²) >= 11 is 0. The van der Waals surface area contributed by atoms with Crippen molar-refractivity contribution in [3.8, 4) is 11.1 Å². The molecule has 7 aromatic rings. The van der Waals surface area contributed by atoms with E-state index in [0.29, 0.717) is 6.54 Å². The number of nitrogens with two attached hydrogens (primary N) is 2. The van der Waals surface area contributed by atoms with Gasteiger partial charge in [-0.1, -0.05) is 146 Å². The Morgan fingerprint density at radius 2 is 1.26 bits per heavy atom. The van der Waals surface area contributed by atoms with Gasteiger partial charge in [0.15, 0.2) is 0 Å². The first-order chi connectivity index (χ1) is 26.7. The SMILES string of the molecule is NC/C=C\C1=Cc2ccc(-c3cccc(/C=N/c4ccccc4C(N)c4ccccc4)c3)cc2C12c1ccccc1N(c1ccccc1)c1ccccc12. The summed E-state index contributed by atoms with van der Waals surface area (Å²) < 4.78 is 0. The summed E-state index contributed by atoms with van der Waals surface area (Å²) in [5, 5.41) is 0. The second-order valence-corrected chi connectivity index (χ2v) is 13.8. The lowest BCUT2D eigenvalue weighted by Gasteiger charge is -2.45. The summed E-state index contributed by atoms with van der Waals surface area (Å²) in [4.78, 5) is 7.37. The third-order valence-electron chi connectivity index (χ3n) is 10.8. The molecular weight excluding hydrogens is 657 g/mol. The first-order valence-electron chi connectivity index (χ1n) is 18.5. The average molecular weight is 697 g/mol. The predicted octanol–water partition coefficient (Wildman–Crippen LogP) is 11.2. The van der Waals surface area contributed by atoms with Gasteiger partial charge >= 0.3 is 0 Å². The van der Waals surface area contributed by atoms with Gasteiger partial charge in [0, 0.05) is 18.4 Å². The van der Waals surface area contributed by atoms with Crippen LogP contribution in [0.25, 0.3) is 17.2 Å². The summed E-state index contributed by atoms with van der Waals surface area (Å²) in [5.74, 6) is 0. The summed E-state index contributed by atoms with van der Waals surface area (Å²) in [5.41, 5.74) is 28.1. The van der Waals surface area contributed by atoms with Gasteiger partial charge in [0.25, 0.3) is 0 Å². The maximum atomic E-state index is 6.73. The molecule has 1 spiro atoms. The van der Waals surface area contributed by atoms with Crippen molar-refractivity contribution in [3.05, 3.63) is 233 Å². The van der Waals surface area contributed by atoms with Gasteiger partial charge in [-0.25, -0.2) is 0 Å². The molecule has 4 nitrogen and oxygen atoms in total. The fourth-order valence-corrected chi connectivity index (χ4v) is 8.34. The summed E-state index contributed by atoms with van der Waals surface area (Å²) in [6, 6.07) is 61.9. The largest absolute Gasteiger partial charge is 0.327 e. The normalized spacial score (nSPS) is 14.6. The summed E-state index contributed by atoms with van der Waals surface area (Å²) in [6.07, 6.45) is 8.59. The fourth-order valence-electron chi connectivity index (χ4n) is 8.34. The highest BCUT2D eigenvalue weighted by molar-refractivity contribution is 5.94. The molecule has 9 rings (SSSR count). The third kappa shape index (κ3) is 5.60. The molecule has 0 radical (unpaired) electrons. The van der Waals surface area contributed by atoms with Crippen molar-refractivity contribution in [2.45, 2.75) is 11.5 Å². The van der Waals surface area contributed by atoms with E-state index in [-0.39, 0.29) is 6.04 Å². The monoisotopic (exact) mass is 696 g/mol. The molecule has 4 heteroatoms. The Kier molecular flexibility index (Phi) is 8.68. The minimum atomic E-state index is -0.546. The number of benzene rings is 7. The molecule has 0 saturated carbocycles. The molecule has 2 aliphatic rings. The molecule has 54 heavy (non-hydrogen) atoms. The second kappa shape index (κ2) is 14.1. The molecule has 0 bridgehead atoms. The van der Waals surface area contributed by atoms with E-state index in [1.165, 1.54) is 27.8 Å². The third-order valence-corrected chi connectivity index (χ3v) is 10.8. The van der Waals surface area contributed by atoms with Crippen molar-refractivity contribution >= 4 is 35.0 Å². The Balaban J connectivity index is 1.15. The maximum Gasteiger partial charge on any atom is 0.0748 e. The van der Waals surface area contributed by atoms with Crippen LogP contribution in [0.15, 0.2) is 199 Å². The van der Waals surface area contributed by atoms with E-state index in [9.17, 15) is 0 Å². The molecule has 7 aromatic carbocycles. The van der Waals surface area contributed by atoms with E-state index in [4.69, 9.17) is 16.5 Å². The molecule has 1 heterocycles. The first kappa shape index (κ1) is 33.3. The Morgan fingerprint density at radius 1 is 0.611 bits per heavy atom. The molecule has 1 unspecified atom stereocenters. The predicted molar refractivity (Wildman–Crippen MR) is 225 cm³/mol.